The Hall–Kier alpha value is -0.730. The highest BCUT2D eigenvalue weighted by Crippen LogP contribution is 2.33. The van der Waals surface area contributed by atoms with Crippen LogP contribution in [-0.4, -0.2) is 19.6 Å². The zero-order valence-electron chi connectivity index (χ0n) is 10.8. The number of anilines is 1. The number of nitrogens with one attached hydrogen (secondary N) is 1. The van der Waals surface area contributed by atoms with Gasteiger partial charge in [0.1, 0.15) is 0 Å². The smallest absolute Gasteiger partial charge is 0.0474 e. The van der Waals surface area contributed by atoms with Crippen molar-refractivity contribution in [2.75, 3.05) is 18.5 Å². The van der Waals surface area contributed by atoms with E-state index in [-0.39, 0.29) is 0 Å². The fourth-order valence-electron chi connectivity index (χ4n) is 2.18. The van der Waals surface area contributed by atoms with Gasteiger partial charge in [-0.2, -0.15) is 0 Å². The topological polar surface area (TPSA) is 15.3 Å². The molecule has 0 spiro atoms. The van der Waals surface area contributed by atoms with Crippen LogP contribution in [0.4, 0.5) is 5.69 Å². The van der Waals surface area contributed by atoms with Gasteiger partial charge in [-0.1, -0.05) is 24.6 Å². The highest BCUT2D eigenvalue weighted by molar-refractivity contribution is 6.31. The van der Waals surface area contributed by atoms with Gasteiger partial charge in [0, 0.05) is 29.8 Å². The Bertz CT molecular complexity index is 388. The van der Waals surface area contributed by atoms with E-state index in [1.54, 1.807) is 0 Å². The van der Waals surface area contributed by atoms with E-state index in [1.807, 2.05) is 0 Å². The minimum atomic E-state index is 0.313. The number of hydrogen-bond acceptors (Lipinski definition) is 2. The summed E-state index contributed by atoms with van der Waals surface area (Å²) in [5.74, 6) is 0. The van der Waals surface area contributed by atoms with Gasteiger partial charge in [0.2, 0.25) is 0 Å². The molecule has 1 fully saturated rings. The SMILES string of the molecule is CCNC(C)c1ccc(N(C)C2CC2)cc1Cl. The molecule has 1 N–H and O–H groups in total. The Morgan fingerprint density at radius 1 is 1.47 bits per heavy atom. The zero-order valence-corrected chi connectivity index (χ0v) is 11.6. The summed E-state index contributed by atoms with van der Waals surface area (Å²) >= 11 is 6.36. The third-order valence-corrected chi connectivity index (χ3v) is 3.79. The van der Waals surface area contributed by atoms with Gasteiger partial charge in [-0.3, -0.25) is 0 Å². The molecule has 0 radical (unpaired) electrons. The van der Waals surface area contributed by atoms with Crippen LogP contribution in [0, 0.1) is 0 Å². The van der Waals surface area contributed by atoms with Gasteiger partial charge in [-0.25, -0.2) is 0 Å². The summed E-state index contributed by atoms with van der Waals surface area (Å²) in [6.45, 7) is 5.22. The van der Waals surface area contributed by atoms with Gasteiger partial charge in [-0.05, 0) is 44.0 Å². The van der Waals surface area contributed by atoms with Gasteiger partial charge in [0.15, 0.2) is 0 Å². The Balaban J connectivity index is 2.15. The molecule has 1 unspecified atom stereocenters. The van der Waals surface area contributed by atoms with E-state index in [2.05, 4.69) is 49.3 Å². The molecule has 1 aromatic rings. The standard InChI is InChI=1S/C14H21ClN2/c1-4-16-10(2)13-8-7-12(9-14(13)15)17(3)11-5-6-11/h7-11,16H,4-6H2,1-3H3. The Morgan fingerprint density at radius 3 is 2.71 bits per heavy atom. The predicted octanol–water partition coefficient (Wildman–Crippen LogP) is 3.61. The quantitative estimate of drug-likeness (QED) is 0.861. The fourth-order valence-corrected chi connectivity index (χ4v) is 2.51. The van der Waals surface area contributed by atoms with Gasteiger partial charge in [-0.15, -0.1) is 0 Å². The monoisotopic (exact) mass is 252 g/mol. The van der Waals surface area contributed by atoms with Gasteiger partial charge in [0.05, 0.1) is 0 Å². The molecule has 94 valence electrons. The summed E-state index contributed by atoms with van der Waals surface area (Å²) in [7, 11) is 2.15. The van der Waals surface area contributed by atoms with E-state index >= 15 is 0 Å². The minimum Gasteiger partial charge on any atom is -0.372 e. The lowest BCUT2D eigenvalue weighted by atomic mass is 10.1. The number of rotatable bonds is 5. The van der Waals surface area contributed by atoms with Crippen molar-refractivity contribution in [3.63, 3.8) is 0 Å². The molecule has 0 saturated heterocycles. The molecule has 1 aliphatic rings. The zero-order chi connectivity index (χ0) is 12.4. The highest BCUT2D eigenvalue weighted by Gasteiger charge is 2.26. The average molecular weight is 253 g/mol. The largest absolute Gasteiger partial charge is 0.372 e. The van der Waals surface area contributed by atoms with E-state index in [0.717, 1.165) is 17.6 Å². The molecular weight excluding hydrogens is 232 g/mol. The lowest BCUT2D eigenvalue weighted by Gasteiger charge is -2.21. The molecule has 1 aliphatic carbocycles. The van der Waals surface area contributed by atoms with Crippen molar-refractivity contribution in [1.29, 1.82) is 0 Å². The van der Waals surface area contributed by atoms with Crippen molar-refractivity contribution in [3.05, 3.63) is 28.8 Å². The van der Waals surface area contributed by atoms with Crippen LogP contribution in [0.2, 0.25) is 5.02 Å². The minimum absolute atomic E-state index is 0.313. The van der Waals surface area contributed by atoms with Crippen molar-refractivity contribution < 1.29 is 0 Å². The van der Waals surface area contributed by atoms with Crippen LogP contribution in [0.3, 0.4) is 0 Å². The predicted molar refractivity (Wildman–Crippen MR) is 75.0 cm³/mol. The number of hydrogen-bond donors (Lipinski definition) is 1. The fraction of sp³-hybridized carbons (Fsp3) is 0.571. The number of halogens is 1. The summed E-state index contributed by atoms with van der Waals surface area (Å²) in [5, 5.41) is 4.25. The lowest BCUT2D eigenvalue weighted by molar-refractivity contribution is 0.598. The second-order valence-electron chi connectivity index (χ2n) is 4.83. The lowest BCUT2D eigenvalue weighted by Crippen LogP contribution is -2.20. The molecule has 1 atom stereocenters. The van der Waals surface area contributed by atoms with Gasteiger partial charge < -0.3 is 10.2 Å². The van der Waals surface area contributed by atoms with Crippen molar-refractivity contribution in [1.82, 2.24) is 5.32 Å². The summed E-state index contributed by atoms with van der Waals surface area (Å²) in [5.41, 5.74) is 2.41. The van der Waals surface area contributed by atoms with Crippen LogP contribution < -0.4 is 10.2 Å². The summed E-state index contributed by atoms with van der Waals surface area (Å²) in [6, 6.07) is 7.44. The maximum Gasteiger partial charge on any atom is 0.0474 e. The van der Waals surface area contributed by atoms with Crippen molar-refractivity contribution in [3.8, 4) is 0 Å². The maximum atomic E-state index is 6.36. The summed E-state index contributed by atoms with van der Waals surface area (Å²) < 4.78 is 0. The van der Waals surface area contributed by atoms with Gasteiger partial charge in [0.25, 0.3) is 0 Å². The van der Waals surface area contributed by atoms with Crippen LogP contribution >= 0.6 is 11.6 Å². The molecule has 2 nitrogen and oxygen atoms in total. The number of benzene rings is 1. The molecule has 2 rings (SSSR count). The van der Waals surface area contributed by atoms with Crippen LogP contribution in [0.5, 0.6) is 0 Å². The van der Waals surface area contributed by atoms with Crippen LogP contribution in [0.25, 0.3) is 0 Å². The summed E-state index contributed by atoms with van der Waals surface area (Å²) in [4.78, 5) is 2.33. The van der Waals surface area contributed by atoms with Gasteiger partial charge >= 0.3 is 0 Å². The molecule has 0 heterocycles. The maximum absolute atomic E-state index is 6.36. The van der Waals surface area contributed by atoms with E-state index in [0.29, 0.717) is 6.04 Å². The second-order valence-corrected chi connectivity index (χ2v) is 5.23. The first-order valence-electron chi connectivity index (χ1n) is 6.39. The second kappa shape index (κ2) is 5.28. The Kier molecular flexibility index (Phi) is 3.95. The van der Waals surface area contributed by atoms with Crippen LogP contribution in [0.15, 0.2) is 18.2 Å². The van der Waals surface area contributed by atoms with E-state index in [4.69, 9.17) is 11.6 Å². The first-order valence-corrected chi connectivity index (χ1v) is 6.77. The normalized spacial score (nSPS) is 16.9. The van der Waals surface area contributed by atoms with Crippen molar-refractivity contribution in [2.45, 2.75) is 38.8 Å². The Labute approximate surface area is 109 Å². The summed E-state index contributed by atoms with van der Waals surface area (Å²) in [6.07, 6.45) is 2.62. The molecule has 0 bridgehead atoms. The molecule has 0 aliphatic heterocycles. The molecule has 1 saturated carbocycles. The van der Waals surface area contributed by atoms with Crippen LogP contribution in [0.1, 0.15) is 38.3 Å². The first-order chi connectivity index (χ1) is 8.13. The van der Waals surface area contributed by atoms with Crippen LogP contribution in [-0.2, 0) is 0 Å². The van der Waals surface area contributed by atoms with E-state index in [1.165, 1.54) is 24.1 Å². The van der Waals surface area contributed by atoms with E-state index in [9.17, 15) is 0 Å². The molecular formula is C14H21ClN2. The Morgan fingerprint density at radius 2 is 2.18 bits per heavy atom. The first kappa shape index (κ1) is 12.7. The molecule has 1 aromatic carbocycles. The molecule has 0 amide bonds. The average Bonchev–Trinajstić information content (AvgIpc) is 3.12. The third-order valence-electron chi connectivity index (χ3n) is 3.46. The number of nitrogens with zero attached hydrogens (tertiary/aromatic N) is 1. The van der Waals surface area contributed by atoms with Crippen molar-refractivity contribution in [2.24, 2.45) is 0 Å². The van der Waals surface area contributed by atoms with E-state index < -0.39 is 0 Å². The highest BCUT2D eigenvalue weighted by atomic mass is 35.5. The van der Waals surface area contributed by atoms with Crippen molar-refractivity contribution >= 4 is 17.3 Å². The molecule has 0 aromatic heterocycles. The molecule has 3 heteroatoms. The molecule has 17 heavy (non-hydrogen) atoms. The third kappa shape index (κ3) is 2.93.